The van der Waals surface area contributed by atoms with Crippen molar-refractivity contribution in [3.63, 3.8) is 0 Å². The monoisotopic (exact) mass is 462 g/mol. The molecule has 2 unspecified atom stereocenters. The Labute approximate surface area is 196 Å². The summed E-state index contributed by atoms with van der Waals surface area (Å²) in [4.78, 5) is 33.0. The number of fused-ring (bicyclic) bond motifs is 1. The molecule has 1 aromatic carbocycles. The molecule has 2 atom stereocenters. The minimum absolute atomic E-state index is 0.00744. The third-order valence-electron chi connectivity index (χ3n) is 6.69. The third-order valence-corrected chi connectivity index (χ3v) is 6.69. The summed E-state index contributed by atoms with van der Waals surface area (Å²) in [6, 6.07) is 7.54. The van der Waals surface area contributed by atoms with E-state index in [1.807, 2.05) is 24.3 Å². The highest BCUT2D eigenvalue weighted by molar-refractivity contribution is 6.27. The number of likely N-dealkylation sites (tertiary alicyclic amines) is 1. The maximum Gasteiger partial charge on any atom is 0.414 e. The van der Waals surface area contributed by atoms with Gasteiger partial charge in [0.25, 0.3) is 5.91 Å². The van der Waals surface area contributed by atoms with Gasteiger partial charge in [-0.25, -0.2) is 9.59 Å². The van der Waals surface area contributed by atoms with Crippen LogP contribution in [0.2, 0.25) is 0 Å². The molecule has 3 N–H and O–H groups in total. The summed E-state index contributed by atoms with van der Waals surface area (Å²) < 4.78 is 5.87. The van der Waals surface area contributed by atoms with Crippen LogP contribution in [0.3, 0.4) is 0 Å². The summed E-state index contributed by atoms with van der Waals surface area (Å²) >= 11 is 0. The van der Waals surface area contributed by atoms with E-state index in [-0.39, 0.29) is 5.91 Å². The van der Waals surface area contributed by atoms with E-state index < -0.39 is 11.9 Å². The first-order chi connectivity index (χ1) is 15.8. The van der Waals surface area contributed by atoms with Gasteiger partial charge in [-0.2, -0.15) is 0 Å². The fourth-order valence-corrected chi connectivity index (χ4v) is 4.61. The molecule has 0 spiro atoms. The number of hydrogen-bond acceptors (Lipinski definition) is 5. The number of carbonyl (C=O) groups excluding carboxylic acids is 1. The first-order valence-electron chi connectivity index (χ1n) is 12.0. The molecule has 1 aliphatic heterocycles. The zero-order chi connectivity index (χ0) is 24.2. The highest BCUT2D eigenvalue weighted by Crippen LogP contribution is 2.37. The van der Waals surface area contributed by atoms with E-state index in [1.165, 1.54) is 32.4 Å². The molecule has 1 heterocycles. The van der Waals surface area contributed by atoms with Crippen LogP contribution in [0.5, 0.6) is 5.75 Å². The largest absolute Gasteiger partial charge is 0.494 e. The van der Waals surface area contributed by atoms with Crippen molar-refractivity contribution in [1.82, 2.24) is 10.2 Å². The molecule has 1 amide bonds. The van der Waals surface area contributed by atoms with E-state index in [4.69, 9.17) is 24.5 Å². The molecule has 2 fully saturated rings. The van der Waals surface area contributed by atoms with Crippen molar-refractivity contribution < 1.29 is 29.3 Å². The summed E-state index contributed by atoms with van der Waals surface area (Å²) in [5.74, 6) is -0.293. The SMILES string of the molecule is CCC(CC)CNC(=O)c1ccc(OCCCN2CC3CCCC3C2)cc1.O=C(O)C(=O)O. The Balaban J connectivity index is 0.000000569. The van der Waals surface area contributed by atoms with Gasteiger partial charge < -0.3 is 25.2 Å². The molecule has 33 heavy (non-hydrogen) atoms. The maximum atomic E-state index is 12.2. The first kappa shape index (κ1) is 26.6. The van der Waals surface area contributed by atoms with Crippen molar-refractivity contribution >= 4 is 17.8 Å². The van der Waals surface area contributed by atoms with Crippen molar-refractivity contribution in [1.29, 1.82) is 0 Å². The lowest BCUT2D eigenvalue weighted by Gasteiger charge is -2.16. The van der Waals surface area contributed by atoms with Gasteiger partial charge in [-0.15, -0.1) is 0 Å². The highest BCUT2D eigenvalue weighted by atomic mass is 16.5. The number of ether oxygens (including phenoxy) is 1. The molecule has 8 nitrogen and oxygen atoms in total. The Bertz CT molecular complexity index is 739. The fraction of sp³-hybridized carbons (Fsp3) is 0.640. The maximum absolute atomic E-state index is 12.2. The normalized spacial score (nSPS) is 19.5. The number of aliphatic carboxylic acids is 2. The lowest BCUT2D eigenvalue weighted by molar-refractivity contribution is -0.159. The molecular formula is C25H38N2O6. The molecule has 0 radical (unpaired) electrons. The Kier molecular flexibility index (Phi) is 11.2. The summed E-state index contributed by atoms with van der Waals surface area (Å²) in [7, 11) is 0. The van der Waals surface area contributed by atoms with Crippen molar-refractivity contribution in [2.24, 2.45) is 17.8 Å². The van der Waals surface area contributed by atoms with E-state index in [1.54, 1.807) is 0 Å². The zero-order valence-corrected chi connectivity index (χ0v) is 19.8. The Morgan fingerprint density at radius 3 is 2.12 bits per heavy atom. The number of carboxylic acid groups (broad SMARTS) is 2. The van der Waals surface area contributed by atoms with Crippen LogP contribution in [0.4, 0.5) is 0 Å². The van der Waals surface area contributed by atoms with E-state index in [9.17, 15) is 4.79 Å². The molecule has 1 aliphatic carbocycles. The van der Waals surface area contributed by atoms with Gasteiger partial charge in [-0.05, 0) is 61.3 Å². The van der Waals surface area contributed by atoms with Crippen LogP contribution in [0.1, 0.15) is 62.7 Å². The average Bonchev–Trinajstić information content (AvgIpc) is 3.40. The van der Waals surface area contributed by atoms with Gasteiger partial charge in [0.05, 0.1) is 6.61 Å². The molecule has 0 aromatic heterocycles. The number of carboxylic acids is 2. The summed E-state index contributed by atoms with van der Waals surface area (Å²) in [6.45, 7) is 9.57. The number of carbonyl (C=O) groups is 3. The van der Waals surface area contributed by atoms with Crippen molar-refractivity contribution in [2.45, 2.75) is 52.4 Å². The van der Waals surface area contributed by atoms with Gasteiger partial charge in [-0.1, -0.05) is 33.1 Å². The van der Waals surface area contributed by atoms with Crippen molar-refractivity contribution in [3.8, 4) is 5.75 Å². The molecular weight excluding hydrogens is 424 g/mol. The van der Waals surface area contributed by atoms with Gasteiger partial charge in [0, 0.05) is 31.7 Å². The third kappa shape index (κ3) is 9.04. The van der Waals surface area contributed by atoms with Crippen LogP contribution in [-0.4, -0.2) is 65.7 Å². The fourth-order valence-electron chi connectivity index (χ4n) is 4.61. The topological polar surface area (TPSA) is 116 Å². The van der Waals surface area contributed by atoms with Crippen LogP contribution in [0.15, 0.2) is 24.3 Å². The zero-order valence-electron chi connectivity index (χ0n) is 19.8. The molecule has 8 heteroatoms. The molecule has 1 saturated carbocycles. The van der Waals surface area contributed by atoms with Crippen LogP contribution >= 0.6 is 0 Å². The van der Waals surface area contributed by atoms with E-state index in [0.717, 1.165) is 56.5 Å². The number of hydrogen-bond donors (Lipinski definition) is 3. The van der Waals surface area contributed by atoms with E-state index in [2.05, 4.69) is 24.1 Å². The Morgan fingerprint density at radius 1 is 1.03 bits per heavy atom. The predicted octanol–water partition coefficient (Wildman–Crippen LogP) is 3.51. The van der Waals surface area contributed by atoms with Crippen molar-refractivity contribution in [2.75, 3.05) is 32.8 Å². The van der Waals surface area contributed by atoms with Crippen LogP contribution < -0.4 is 10.1 Å². The van der Waals surface area contributed by atoms with Gasteiger partial charge in [0.1, 0.15) is 5.75 Å². The Hall–Kier alpha value is -2.61. The summed E-state index contributed by atoms with van der Waals surface area (Å²) in [5, 5.41) is 17.8. The molecule has 184 valence electrons. The summed E-state index contributed by atoms with van der Waals surface area (Å²) in [5.41, 5.74) is 0.705. The number of nitrogens with one attached hydrogen (secondary N) is 1. The molecule has 1 saturated heterocycles. The molecule has 0 bridgehead atoms. The summed E-state index contributed by atoms with van der Waals surface area (Å²) in [6.07, 6.45) is 7.59. The predicted molar refractivity (Wildman–Crippen MR) is 126 cm³/mol. The van der Waals surface area contributed by atoms with Gasteiger partial charge >= 0.3 is 11.9 Å². The minimum Gasteiger partial charge on any atom is -0.494 e. The second-order valence-electron chi connectivity index (χ2n) is 8.94. The second-order valence-corrected chi connectivity index (χ2v) is 8.94. The standard InChI is InChI=1S/C23H36N2O2.C2H2O4/c1-3-18(4-2)15-24-23(26)19-9-11-22(12-10-19)27-14-6-13-25-16-20-7-5-8-21(20)17-25;3-1(4)2(5)6/h9-12,18,20-21H,3-8,13-17H2,1-2H3,(H,24,26);(H,3,4)(H,5,6). The lowest BCUT2D eigenvalue weighted by atomic mass is 10.0. The van der Waals surface area contributed by atoms with Gasteiger partial charge in [-0.3, -0.25) is 4.79 Å². The first-order valence-corrected chi connectivity index (χ1v) is 12.0. The highest BCUT2D eigenvalue weighted by Gasteiger charge is 2.35. The smallest absolute Gasteiger partial charge is 0.414 e. The molecule has 2 aliphatic rings. The van der Waals surface area contributed by atoms with Crippen LogP contribution in [0.25, 0.3) is 0 Å². The van der Waals surface area contributed by atoms with Gasteiger partial charge in [0.2, 0.25) is 0 Å². The van der Waals surface area contributed by atoms with E-state index in [0.29, 0.717) is 11.5 Å². The van der Waals surface area contributed by atoms with Crippen LogP contribution in [-0.2, 0) is 9.59 Å². The Morgan fingerprint density at radius 2 is 1.61 bits per heavy atom. The van der Waals surface area contributed by atoms with E-state index >= 15 is 0 Å². The quantitative estimate of drug-likeness (QED) is 0.360. The van der Waals surface area contributed by atoms with Crippen LogP contribution in [0, 0.1) is 17.8 Å². The number of amides is 1. The number of benzene rings is 1. The molecule has 3 rings (SSSR count). The second kappa shape index (κ2) is 13.8. The minimum atomic E-state index is -1.82. The number of rotatable bonds is 10. The average molecular weight is 463 g/mol. The lowest BCUT2D eigenvalue weighted by Crippen LogP contribution is -2.28. The van der Waals surface area contributed by atoms with Gasteiger partial charge in [0.15, 0.2) is 0 Å². The van der Waals surface area contributed by atoms with Crippen molar-refractivity contribution in [3.05, 3.63) is 29.8 Å². The number of nitrogens with zero attached hydrogens (tertiary/aromatic N) is 1. The molecule has 1 aromatic rings.